The van der Waals surface area contributed by atoms with Gasteiger partial charge < -0.3 is 10.6 Å². The van der Waals surface area contributed by atoms with Gasteiger partial charge in [0, 0.05) is 19.8 Å². The van der Waals surface area contributed by atoms with E-state index in [9.17, 15) is 4.79 Å². The Morgan fingerprint density at radius 3 is 2.93 bits per heavy atom. The number of carbonyl (C=O) groups is 1. The van der Waals surface area contributed by atoms with Crippen LogP contribution in [0.4, 0.5) is 0 Å². The Hall–Kier alpha value is -1.36. The number of nitrogens with zero attached hydrogens (tertiary/aromatic N) is 2. The molecular formula is C9H16N4O. The molecule has 5 heteroatoms. The minimum Gasteiger partial charge on any atom is -0.351 e. The topological polar surface area (TPSA) is 58.9 Å². The maximum absolute atomic E-state index is 11.4. The van der Waals surface area contributed by atoms with E-state index in [2.05, 4.69) is 15.7 Å². The lowest BCUT2D eigenvalue weighted by molar-refractivity contribution is 0.0947. The minimum atomic E-state index is -0.110. The van der Waals surface area contributed by atoms with Gasteiger partial charge in [0.05, 0.1) is 0 Å². The van der Waals surface area contributed by atoms with E-state index >= 15 is 0 Å². The molecule has 1 aromatic rings. The molecule has 5 nitrogen and oxygen atoms in total. The number of aromatic nitrogens is 2. The number of hydrogen-bond acceptors (Lipinski definition) is 3. The Kier molecular flexibility index (Phi) is 4.12. The highest BCUT2D eigenvalue weighted by Crippen LogP contribution is 1.93. The van der Waals surface area contributed by atoms with Gasteiger partial charge in [-0.25, -0.2) is 0 Å². The summed E-state index contributed by atoms with van der Waals surface area (Å²) in [6.45, 7) is 1.58. The molecule has 0 aliphatic rings. The molecule has 0 saturated heterocycles. The fourth-order valence-electron chi connectivity index (χ4n) is 1.09. The number of hydrogen-bond donors (Lipinski definition) is 2. The van der Waals surface area contributed by atoms with Crippen LogP contribution in [0.15, 0.2) is 12.3 Å². The molecule has 78 valence electrons. The zero-order valence-electron chi connectivity index (χ0n) is 8.58. The van der Waals surface area contributed by atoms with E-state index in [1.807, 2.05) is 7.05 Å². The maximum Gasteiger partial charge on any atom is 0.271 e. The van der Waals surface area contributed by atoms with Crippen molar-refractivity contribution in [3.63, 3.8) is 0 Å². The van der Waals surface area contributed by atoms with Gasteiger partial charge in [-0.05, 0) is 26.1 Å². The summed E-state index contributed by atoms with van der Waals surface area (Å²) in [4.78, 5) is 11.4. The van der Waals surface area contributed by atoms with Crippen LogP contribution >= 0.6 is 0 Å². The third-order valence-electron chi connectivity index (χ3n) is 1.84. The highest BCUT2D eigenvalue weighted by Gasteiger charge is 2.06. The van der Waals surface area contributed by atoms with Gasteiger partial charge in [0.15, 0.2) is 0 Å². The first kappa shape index (κ1) is 10.7. The molecule has 0 spiro atoms. The van der Waals surface area contributed by atoms with Crippen molar-refractivity contribution in [1.82, 2.24) is 20.4 Å². The summed E-state index contributed by atoms with van der Waals surface area (Å²) < 4.78 is 1.61. The molecule has 1 aromatic heterocycles. The van der Waals surface area contributed by atoms with Crippen LogP contribution in [0.3, 0.4) is 0 Å². The monoisotopic (exact) mass is 196 g/mol. The van der Waals surface area contributed by atoms with Gasteiger partial charge in [-0.1, -0.05) is 0 Å². The van der Waals surface area contributed by atoms with Crippen LogP contribution < -0.4 is 10.6 Å². The molecule has 2 N–H and O–H groups in total. The summed E-state index contributed by atoms with van der Waals surface area (Å²) in [6, 6.07) is 1.70. The molecule has 0 radical (unpaired) electrons. The summed E-state index contributed by atoms with van der Waals surface area (Å²) in [5.41, 5.74) is 0.469. The summed E-state index contributed by atoms with van der Waals surface area (Å²) in [7, 11) is 3.68. The van der Waals surface area contributed by atoms with Crippen molar-refractivity contribution < 1.29 is 4.79 Å². The average Bonchev–Trinajstić information content (AvgIpc) is 2.59. The summed E-state index contributed by atoms with van der Waals surface area (Å²) >= 11 is 0. The molecule has 14 heavy (non-hydrogen) atoms. The number of rotatable bonds is 5. The largest absolute Gasteiger partial charge is 0.351 e. The molecule has 0 bridgehead atoms. The summed E-state index contributed by atoms with van der Waals surface area (Å²) in [5.74, 6) is -0.110. The Balaban J connectivity index is 2.29. The molecule has 0 aromatic carbocycles. The third-order valence-corrected chi connectivity index (χ3v) is 1.84. The Morgan fingerprint density at radius 1 is 1.57 bits per heavy atom. The second-order valence-corrected chi connectivity index (χ2v) is 3.09. The van der Waals surface area contributed by atoms with Gasteiger partial charge in [0.25, 0.3) is 5.91 Å². The lowest BCUT2D eigenvalue weighted by Gasteiger charge is -2.01. The van der Waals surface area contributed by atoms with Crippen molar-refractivity contribution in [3.05, 3.63) is 18.0 Å². The minimum absolute atomic E-state index is 0.110. The van der Waals surface area contributed by atoms with E-state index in [0.717, 1.165) is 13.0 Å². The Labute approximate surface area is 83.5 Å². The zero-order valence-corrected chi connectivity index (χ0v) is 8.58. The van der Waals surface area contributed by atoms with Gasteiger partial charge in [0.2, 0.25) is 0 Å². The standard InChI is InChI=1S/C9H16N4O/c1-10-5-3-6-11-9(14)8-4-7-13(2)12-8/h4,7,10H,3,5-6H2,1-2H3,(H,11,14). The molecule has 0 aliphatic heterocycles. The Bertz CT molecular complexity index is 295. The molecule has 0 unspecified atom stereocenters. The molecule has 0 fully saturated rings. The average molecular weight is 196 g/mol. The molecule has 0 aliphatic carbocycles. The quantitative estimate of drug-likeness (QED) is 0.639. The number of aryl methyl sites for hydroxylation is 1. The van der Waals surface area contributed by atoms with Crippen LogP contribution in [0, 0.1) is 0 Å². The highest BCUT2D eigenvalue weighted by molar-refractivity contribution is 5.92. The molecule has 0 saturated carbocycles. The molecule has 1 heterocycles. The Morgan fingerprint density at radius 2 is 2.36 bits per heavy atom. The van der Waals surface area contributed by atoms with Crippen molar-refractivity contribution in [1.29, 1.82) is 0 Å². The van der Waals surface area contributed by atoms with Crippen molar-refractivity contribution in [3.8, 4) is 0 Å². The first-order chi connectivity index (χ1) is 6.74. The van der Waals surface area contributed by atoms with Crippen molar-refractivity contribution in [2.45, 2.75) is 6.42 Å². The van der Waals surface area contributed by atoms with Crippen LogP contribution in [0.2, 0.25) is 0 Å². The predicted octanol–water partition coefficient (Wildman–Crippen LogP) is -0.241. The fraction of sp³-hybridized carbons (Fsp3) is 0.556. The molecule has 1 amide bonds. The van der Waals surface area contributed by atoms with E-state index in [0.29, 0.717) is 12.2 Å². The van der Waals surface area contributed by atoms with Crippen LogP contribution in [0.1, 0.15) is 16.9 Å². The van der Waals surface area contributed by atoms with E-state index in [1.54, 1.807) is 24.0 Å². The van der Waals surface area contributed by atoms with Gasteiger partial charge >= 0.3 is 0 Å². The van der Waals surface area contributed by atoms with E-state index in [4.69, 9.17) is 0 Å². The lowest BCUT2D eigenvalue weighted by atomic mass is 10.3. The number of nitrogens with one attached hydrogen (secondary N) is 2. The zero-order chi connectivity index (χ0) is 10.4. The van der Waals surface area contributed by atoms with E-state index < -0.39 is 0 Å². The smallest absolute Gasteiger partial charge is 0.271 e. The van der Waals surface area contributed by atoms with Gasteiger partial charge in [-0.3, -0.25) is 9.48 Å². The van der Waals surface area contributed by atoms with Crippen LogP contribution in [-0.2, 0) is 7.05 Å². The first-order valence-corrected chi connectivity index (χ1v) is 4.66. The molecular weight excluding hydrogens is 180 g/mol. The van der Waals surface area contributed by atoms with Crippen LogP contribution in [0.5, 0.6) is 0 Å². The van der Waals surface area contributed by atoms with Gasteiger partial charge in [0.1, 0.15) is 5.69 Å². The molecule has 0 atom stereocenters. The van der Waals surface area contributed by atoms with Gasteiger partial charge in [-0.15, -0.1) is 0 Å². The first-order valence-electron chi connectivity index (χ1n) is 4.66. The van der Waals surface area contributed by atoms with Crippen molar-refractivity contribution >= 4 is 5.91 Å². The summed E-state index contributed by atoms with van der Waals surface area (Å²) in [5, 5.41) is 9.81. The normalized spacial score (nSPS) is 10.1. The highest BCUT2D eigenvalue weighted by atomic mass is 16.1. The third kappa shape index (κ3) is 3.18. The SMILES string of the molecule is CNCCCNC(=O)c1ccn(C)n1. The van der Waals surface area contributed by atoms with Gasteiger partial charge in [-0.2, -0.15) is 5.10 Å². The number of carbonyl (C=O) groups excluding carboxylic acids is 1. The van der Waals surface area contributed by atoms with Crippen molar-refractivity contribution in [2.24, 2.45) is 7.05 Å². The second-order valence-electron chi connectivity index (χ2n) is 3.09. The summed E-state index contributed by atoms with van der Waals surface area (Å²) in [6.07, 6.45) is 2.68. The van der Waals surface area contributed by atoms with E-state index in [1.165, 1.54) is 0 Å². The van der Waals surface area contributed by atoms with Crippen molar-refractivity contribution in [2.75, 3.05) is 20.1 Å². The second kappa shape index (κ2) is 5.39. The van der Waals surface area contributed by atoms with E-state index in [-0.39, 0.29) is 5.91 Å². The lowest BCUT2D eigenvalue weighted by Crippen LogP contribution is -2.27. The maximum atomic E-state index is 11.4. The van der Waals surface area contributed by atoms with Crippen LogP contribution in [-0.4, -0.2) is 35.8 Å². The van der Waals surface area contributed by atoms with Crippen LogP contribution in [0.25, 0.3) is 0 Å². The number of amides is 1. The fourth-order valence-corrected chi connectivity index (χ4v) is 1.09. The molecule has 1 rings (SSSR count). The predicted molar refractivity (Wildman–Crippen MR) is 54.1 cm³/mol.